The van der Waals surface area contributed by atoms with Gasteiger partial charge in [-0.15, -0.1) is 0 Å². The topological polar surface area (TPSA) is 142 Å². The summed E-state index contributed by atoms with van der Waals surface area (Å²) in [5.74, 6) is -0.491. The maximum absolute atomic E-state index is 13.7. The number of rotatable bonds is 12. The van der Waals surface area contributed by atoms with Gasteiger partial charge < -0.3 is 25.2 Å². The van der Waals surface area contributed by atoms with E-state index in [1.54, 1.807) is 32.0 Å². The van der Waals surface area contributed by atoms with E-state index in [0.29, 0.717) is 6.42 Å². The molecule has 0 spiro atoms. The molecule has 248 valence electrons. The molecule has 0 aliphatic heterocycles. The molecule has 0 aliphatic carbocycles. The van der Waals surface area contributed by atoms with Gasteiger partial charge in [0, 0.05) is 24.8 Å². The molecule has 3 amide bonds. The van der Waals surface area contributed by atoms with Gasteiger partial charge in [-0.3, -0.25) is 15.2 Å². The van der Waals surface area contributed by atoms with Crippen LogP contribution in [0.3, 0.4) is 0 Å². The van der Waals surface area contributed by atoms with Crippen molar-refractivity contribution in [1.29, 1.82) is 0 Å². The minimum atomic E-state index is -1.14. The minimum absolute atomic E-state index is 0.0594. The predicted octanol–water partition coefficient (Wildman–Crippen LogP) is 4.85. The molecule has 0 fully saturated rings. The molecule has 3 rings (SSSR count). The number of alkyl carbamates (subject to hydrolysis) is 2. The first-order chi connectivity index (χ1) is 21.6. The molecule has 0 radical (unpaired) electrons. The molecule has 4 N–H and O–H groups in total. The zero-order valence-electron chi connectivity index (χ0n) is 27.7. The van der Waals surface area contributed by atoms with Crippen molar-refractivity contribution in [3.8, 4) is 11.3 Å². The van der Waals surface area contributed by atoms with Crippen LogP contribution in [0, 0.1) is 5.41 Å². The third-order valence-corrected chi connectivity index (χ3v) is 7.00. The molecule has 11 heteroatoms. The Labute approximate surface area is 271 Å². The molecule has 1 heterocycles. The van der Waals surface area contributed by atoms with Crippen LogP contribution in [0.15, 0.2) is 79.0 Å². The van der Waals surface area contributed by atoms with E-state index in [0.717, 1.165) is 22.4 Å². The lowest BCUT2D eigenvalue weighted by Gasteiger charge is -2.34. The number of ether oxygens (including phenoxy) is 2. The molecule has 0 saturated heterocycles. The summed E-state index contributed by atoms with van der Waals surface area (Å²) >= 11 is 0. The number of aromatic nitrogens is 1. The van der Waals surface area contributed by atoms with Crippen molar-refractivity contribution in [3.63, 3.8) is 0 Å². The highest BCUT2D eigenvalue weighted by molar-refractivity contribution is 5.86. The number of pyridine rings is 1. The van der Waals surface area contributed by atoms with Gasteiger partial charge in [-0.25, -0.2) is 14.6 Å². The Balaban J connectivity index is 1.89. The number of amides is 3. The molecule has 1 aromatic heterocycles. The second-order valence-electron chi connectivity index (χ2n) is 13.2. The number of carbonyl (C=O) groups excluding carboxylic acids is 3. The van der Waals surface area contributed by atoms with Gasteiger partial charge in [-0.2, -0.15) is 0 Å². The number of benzene rings is 2. The maximum Gasteiger partial charge on any atom is 0.407 e. The van der Waals surface area contributed by atoms with Gasteiger partial charge in [-0.05, 0) is 55.9 Å². The zero-order valence-corrected chi connectivity index (χ0v) is 27.7. The Bertz CT molecular complexity index is 1410. The van der Waals surface area contributed by atoms with Gasteiger partial charge in [0.15, 0.2) is 0 Å². The van der Waals surface area contributed by atoms with Gasteiger partial charge in [-0.1, -0.05) is 81.4 Å². The first-order valence-corrected chi connectivity index (χ1v) is 15.3. The van der Waals surface area contributed by atoms with Crippen LogP contribution in [-0.4, -0.2) is 70.6 Å². The number of aliphatic hydroxyl groups is 1. The van der Waals surface area contributed by atoms with Gasteiger partial charge in [0.1, 0.15) is 11.6 Å². The molecular weight excluding hydrogens is 586 g/mol. The Morgan fingerprint density at radius 3 is 2.07 bits per heavy atom. The average molecular weight is 634 g/mol. The first kappa shape index (κ1) is 36.0. The first-order valence-electron chi connectivity index (χ1n) is 15.3. The predicted molar refractivity (Wildman–Crippen MR) is 176 cm³/mol. The lowest BCUT2D eigenvalue weighted by molar-refractivity contribution is -0.131. The fraction of sp³-hybridized carbons (Fsp3) is 0.429. The normalized spacial score (nSPS) is 13.7. The molecular formula is C35H47N5O6. The second kappa shape index (κ2) is 16.2. The molecule has 0 unspecified atom stereocenters. The van der Waals surface area contributed by atoms with E-state index in [4.69, 9.17) is 9.47 Å². The summed E-state index contributed by atoms with van der Waals surface area (Å²) in [6, 6.07) is 21.2. The van der Waals surface area contributed by atoms with Crippen LogP contribution >= 0.6 is 0 Å². The maximum atomic E-state index is 13.7. The van der Waals surface area contributed by atoms with Gasteiger partial charge in [0.05, 0.1) is 24.9 Å². The summed E-state index contributed by atoms with van der Waals surface area (Å²) in [5, 5.41) is 18.6. The van der Waals surface area contributed by atoms with Crippen LogP contribution in [0.25, 0.3) is 11.3 Å². The molecule has 3 atom stereocenters. The summed E-state index contributed by atoms with van der Waals surface area (Å²) in [7, 11) is 1.23. The number of nitrogens with zero attached hydrogens (tertiary/aromatic N) is 2. The SMILES string of the molecule is COC(=O)N[C@@H](C(=O)NN(Cc1ccc(-c2ccccn2)cc1)C[C@@H](O)[C@H](Cc1ccccc1)NC(=O)OC(C)(C)C)C(C)(C)C. The van der Waals surface area contributed by atoms with Crippen molar-refractivity contribution < 1.29 is 29.0 Å². The number of carbonyl (C=O) groups is 3. The Kier molecular flexibility index (Phi) is 12.7. The van der Waals surface area contributed by atoms with Crippen molar-refractivity contribution in [2.45, 2.75) is 78.3 Å². The highest BCUT2D eigenvalue weighted by Crippen LogP contribution is 2.21. The molecule has 11 nitrogen and oxygen atoms in total. The Morgan fingerprint density at radius 1 is 0.848 bits per heavy atom. The smallest absolute Gasteiger partial charge is 0.407 e. The number of hydrazine groups is 1. The molecule has 3 aromatic rings. The van der Waals surface area contributed by atoms with Crippen molar-refractivity contribution >= 4 is 18.1 Å². The average Bonchev–Trinajstić information content (AvgIpc) is 2.99. The van der Waals surface area contributed by atoms with Crippen LogP contribution in [0.2, 0.25) is 0 Å². The lowest BCUT2D eigenvalue weighted by atomic mass is 9.86. The van der Waals surface area contributed by atoms with E-state index in [1.807, 2.05) is 93.6 Å². The molecule has 0 bridgehead atoms. The summed E-state index contributed by atoms with van der Waals surface area (Å²) in [6.07, 6.45) is -0.495. The quantitative estimate of drug-likeness (QED) is 0.208. The van der Waals surface area contributed by atoms with Crippen LogP contribution in [0.1, 0.15) is 52.7 Å². The van der Waals surface area contributed by atoms with Crippen LogP contribution in [0.5, 0.6) is 0 Å². The molecule has 46 heavy (non-hydrogen) atoms. The molecule has 0 saturated carbocycles. The summed E-state index contributed by atoms with van der Waals surface area (Å²) in [6.45, 7) is 10.9. The Morgan fingerprint density at radius 2 is 1.50 bits per heavy atom. The highest BCUT2D eigenvalue weighted by atomic mass is 16.6. The van der Waals surface area contributed by atoms with E-state index >= 15 is 0 Å². The number of nitrogens with one attached hydrogen (secondary N) is 3. The minimum Gasteiger partial charge on any atom is -0.453 e. The summed E-state index contributed by atoms with van der Waals surface area (Å²) in [4.78, 5) is 43.0. The van der Waals surface area contributed by atoms with Gasteiger partial charge >= 0.3 is 12.2 Å². The molecule has 2 aromatic carbocycles. The third-order valence-electron chi connectivity index (χ3n) is 7.00. The van der Waals surface area contributed by atoms with Crippen LogP contribution < -0.4 is 16.1 Å². The largest absolute Gasteiger partial charge is 0.453 e. The van der Waals surface area contributed by atoms with E-state index in [1.165, 1.54) is 7.11 Å². The summed E-state index contributed by atoms with van der Waals surface area (Å²) < 4.78 is 10.2. The number of hydrogen-bond acceptors (Lipinski definition) is 8. The monoisotopic (exact) mass is 633 g/mol. The fourth-order valence-electron chi connectivity index (χ4n) is 4.72. The van der Waals surface area contributed by atoms with Crippen molar-refractivity contribution in [3.05, 3.63) is 90.1 Å². The fourth-order valence-corrected chi connectivity index (χ4v) is 4.72. The highest BCUT2D eigenvalue weighted by Gasteiger charge is 2.35. The van der Waals surface area contributed by atoms with Crippen LogP contribution in [0.4, 0.5) is 9.59 Å². The Hall–Kier alpha value is -4.48. The van der Waals surface area contributed by atoms with Gasteiger partial charge in [0.2, 0.25) is 0 Å². The number of hydrogen-bond donors (Lipinski definition) is 4. The van der Waals surface area contributed by atoms with Crippen molar-refractivity contribution in [1.82, 2.24) is 26.1 Å². The number of aliphatic hydroxyl groups excluding tert-OH is 1. The second-order valence-corrected chi connectivity index (χ2v) is 13.2. The third kappa shape index (κ3) is 11.8. The molecule has 0 aliphatic rings. The summed E-state index contributed by atoms with van der Waals surface area (Å²) in [5.41, 5.74) is 5.00. The number of methoxy groups -OCH3 is 1. The van der Waals surface area contributed by atoms with E-state index in [2.05, 4.69) is 21.0 Å². The van der Waals surface area contributed by atoms with Crippen LogP contribution in [-0.2, 0) is 27.2 Å². The van der Waals surface area contributed by atoms with E-state index < -0.39 is 47.3 Å². The standard InChI is InChI=1S/C35H47N5O6/c1-34(2,3)30(38-32(43)45-7)31(42)39-40(22-25-16-18-26(19-17-25)27-15-11-12-20-36-27)23-29(41)28(21-24-13-9-8-10-14-24)37-33(44)46-35(4,5)6/h8-20,28-30,41H,21-23H2,1-7H3,(H,37,44)(H,38,43)(H,39,42)/t28-,29+,30-/m0/s1. The van der Waals surface area contributed by atoms with Crippen molar-refractivity contribution in [2.75, 3.05) is 13.7 Å². The van der Waals surface area contributed by atoms with E-state index in [9.17, 15) is 19.5 Å². The zero-order chi connectivity index (χ0) is 33.9. The van der Waals surface area contributed by atoms with Crippen molar-refractivity contribution in [2.24, 2.45) is 5.41 Å². The lowest BCUT2D eigenvalue weighted by Crippen LogP contribution is -2.59. The van der Waals surface area contributed by atoms with Gasteiger partial charge in [0.25, 0.3) is 5.91 Å². The van der Waals surface area contributed by atoms with E-state index in [-0.39, 0.29) is 13.1 Å².